The number of hydrogen-bond acceptors (Lipinski definition) is 2. The summed E-state index contributed by atoms with van der Waals surface area (Å²) in [5.41, 5.74) is 1.52. The standard InChI is InChI=1S/C17H21NO2/c1-17(10-2-3-11-17)16(20)13-6-8-14(9-7-13)18-12-4-5-15(18)19/h6-9H,2-5,10-12H2,1H3. The summed E-state index contributed by atoms with van der Waals surface area (Å²) >= 11 is 0. The van der Waals surface area contributed by atoms with E-state index in [1.807, 2.05) is 29.2 Å². The first-order valence-corrected chi connectivity index (χ1v) is 7.55. The third kappa shape index (κ3) is 2.26. The van der Waals surface area contributed by atoms with Crippen molar-refractivity contribution in [2.45, 2.75) is 45.4 Å². The molecule has 0 aromatic heterocycles. The molecule has 0 bridgehead atoms. The minimum Gasteiger partial charge on any atom is -0.312 e. The summed E-state index contributed by atoms with van der Waals surface area (Å²) in [6.07, 6.45) is 5.87. The van der Waals surface area contributed by atoms with E-state index in [2.05, 4.69) is 6.92 Å². The highest BCUT2D eigenvalue weighted by molar-refractivity contribution is 6.01. The van der Waals surface area contributed by atoms with Gasteiger partial charge in [0, 0.05) is 29.6 Å². The molecule has 0 spiro atoms. The summed E-state index contributed by atoms with van der Waals surface area (Å²) in [6.45, 7) is 2.88. The topological polar surface area (TPSA) is 37.4 Å². The highest BCUT2D eigenvalue weighted by Gasteiger charge is 2.36. The van der Waals surface area contributed by atoms with Crippen molar-refractivity contribution in [1.29, 1.82) is 0 Å². The zero-order valence-electron chi connectivity index (χ0n) is 12.0. The Morgan fingerprint density at radius 1 is 1.10 bits per heavy atom. The lowest BCUT2D eigenvalue weighted by Gasteiger charge is -2.22. The lowest BCUT2D eigenvalue weighted by atomic mass is 9.81. The van der Waals surface area contributed by atoms with Crippen LogP contribution in [0.1, 0.15) is 55.8 Å². The van der Waals surface area contributed by atoms with Crippen LogP contribution in [0, 0.1) is 5.41 Å². The molecule has 3 rings (SSSR count). The lowest BCUT2D eigenvalue weighted by molar-refractivity contribution is -0.117. The van der Waals surface area contributed by atoms with E-state index in [9.17, 15) is 9.59 Å². The smallest absolute Gasteiger partial charge is 0.227 e. The molecule has 1 aliphatic heterocycles. The predicted molar refractivity (Wildman–Crippen MR) is 78.9 cm³/mol. The molecule has 0 radical (unpaired) electrons. The molecule has 1 aromatic rings. The second-order valence-corrected chi connectivity index (χ2v) is 6.29. The first-order valence-electron chi connectivity index (χ1n) is 7.55. The average molecular weight is 271 g/mol. The zero-order chi connectivity index (χ0) is 14.2. The minimum absolute atomic E-state index is 0.176. The summed E-state index contributed by atoms with van der Waals surface area (Å²) in [7, 11) is 0. The number of carbonyl (C=O) groups is 2. The van der Waals surface area contributed by atoms with Crippen molar-refractivity contribution in [3.05, 3.63) is 29.8 Å². The molecule has 1 saturated heterocycles. The molecule has 3 nitrogen and oxygen atoms in total. The minimum atomic E-state index is -0.176. The molecule has 0 N–H and O–H groups in total. The summed E-state index contributed by atoms with van der Waals surface area (Å²) in [5, 5.41) is 0. The zero-order valence-corrected chi connectivity index (χ0v) is 12.0. The van der Waals surface area contributed by atoms with Crippen molar-refractivity contribution in [1.82, 2.24) is 0 Å². The fraction of sp³-hybridized carbons (Fsp3) is 0.529. The van der Waals surface area contributed by atoms with Crippen LogP contribution < -0.4 is 4.90 Å². The number of ketones is 1. The number of carbonyl (C=O) groups excluding carboxylic acids is 2. The van der Waals surface area contributed by atoms with Gasteiger partial charge in [0.05, 0.1) is 0 Å². The Bertz CT molecular complexity index is 526. The molecule has 1 amide bonds. The van der Waals surface area contributed by atoms with Gasteiger partial charge in [-0.25, -0.2) is 0 Å². The van der Waals surface area contributed by atoms with Crippen LogP contribution in [0.25, 0.3) is 0 Å². The van der Waals surface area contributed by atoms with Crippen molar-refractivity contribution < 1.29 is 9.59 Å². The predicted octanol–water partition coefficient (Wildman–Crippen LogP) is 3.58. The molecule has 0 atom stereocenters. The van der Waals surface area contributed by atoms with Gasteiger partial charge in [0.25, 0.3) is 0 Å². The molecular weight excluding hydrogens is 250 g/mol. The molecule has 1 heterocycles. The second kappa shape index (κ2) is 5.04. The SMILES string of the molecule is CC1(C(=O)c2ccc(N3CCCC3=O)cc2)CCCC1. The average Bonchev–Trinajstić information content (AvgIpc) is 3.08. The van der Waals surface area contributed by atoms with Crippen molar-refractivity contribution in [2.24, 2.45) is 5.41 Å². The molecule has 1 aromatic carbocycles. The van der Waals surface area contributed by atoms with E-state index in [0.717, 1.165) is 49.9 Å². The highest BCUT2D eigenvalue weighted by Crippen LogP contribution is 2.40. The van der Waals surface area contributed by atoms with Crippen LogP contribution in [0.3, 0.4) is 0 Å². The van der Waals surface area contributed by atoms with Crippen molar-refractivity contribution >= 4 is 17.4 Å². The Hall–Kier alpha value is -1.64. The van der Waals surface area contributed by atoms with Gasteiger partial charge in [0.1, 0.15) is 0 Å². The van der Waals surface area contributed by atoms with E-state index < -0.39 is 0 Å². The molecule has 2 aliphatic rings. The van der Waals surface area contributed by atoms with E-state index in [-0.39, 0.29) is 17.1 Å². The van der Waals surface area contributed by atoms with Crippen LogP contribution >= 0.6 is 0 Å². The first-order chi connectivity index (χ1) is 9.60. The summed E-state index contributed by atoms with van der Waals surface area (Å²) in [6, 6.07) is 7.59. The first kappa shape index (κ1) is 13.3. The van der Waals surface area contributed by atoms with E-state index >= 15 is 0 Å². The molecular formula is C17H21NO2. The molecule has 1 aliphatic carbocycles. The van der Waals surface area contributed by atoms with E-state index in [1.54, 1.807) is 0 Å². The van der Waals surface area contributed by atoms with Gasteiger partial charge in [-0.2, -0.15) is 0 Å². The van der Waals surface area contributed by atoms with E-state index in [0.29, 0.717) is 6.42 Å². The number of amides is 1. The van der Waals surface area contributed by atoms with Crippen LogP contribution in [0.2, 0.25) is 0 Å². The quantitative estimate of drug-likeness (QED) is 0.788. The number of rotatable bonds is 3. The molecule has 20 heavy (non-hydrogen) atoms. The number of anilines is 1. The largest absolute Gasteiger partial charge is 0.312 e. The van der Waals surface area contributed by atoms with Crippen LogP contribution in [0.5, 0.6) is 0 Å². The van der Waals surface area contributed by atoms with Gasteiger partial charge >= 0.3 is 0 Å². The number of nitrogens with zero attached hydrogens (tertiary/aromatic N) is 1. The van der Waals surface area contributed by atoms with Crippen LogP contribution in [-0.4, -0.2) is 18.2 Å². The molecule has 2 fully saturated rings. The number of hydrogen-bond donors (Lipinski definition) is 0. The summed E-state index contributed by atoms with van der Waals surface area (Å²) in [4.78, 5) is 26.1. The fourth-order valence-corrected chi connectivity index (χ4v) is 3.44. The highest BCUT2D eigenvalue weighted by atomic mass is 16.2. The Labute approximate surface area is 120 Å². The maximum absolute atomic E-state index is 12.6. The van der Waals surface area contributed by atoms with Gasteiger partial charge in [-0.05, 0) is 43.5 Å². The van der Waals surface area contributed by atoms with Crippen molar-refractivity contribution in [3.8, 4) is 0 Å². The van der Waals surface area contributed by atoms with Gasteiger partial charge in [-0.15, -0.1) is 0 Å². The monoisotopic (exact) mass is 271 g/mol. The van der Waals surface area contributed by atoms with Crippen molar-refractivity contribution in [2.75, 3.05) is 11.4 Å². The van der Waals surface area contributed by atoms with Gasteiger partial charge < -0.3 is 4.90 Å². The van der Waals surface area contributed by atoms with Gasteiger partial charge in [0.2, 0.25) is 5.91 Å². The van der Waals surface area contributed by atoms with Gasteiger partial charge in [-0.1, -0.05) is 19.8 Å². The number of Topliss-reactive ketones (excluding diaryl/α,β-unsaturated/α-hetero) is 1. The maximum atomic E-state index is 12.6. The molecule has 106 valence electrons. The number of benzene rings is 1. The van der Waals surface area contributed by atoms with Crippen molar-refractivity contribution in [3.63, 3.8) is 0 Å². The lowest BCUT2D eigenvalue weighted by Crippen LogP contribution is -2.25. The summed E-state index contributed by atoms with van der Waals surface area (Å²) < 4.78 is 0. The molecule has 1 saturated carbocycles. The second-order valence-electron chi connectivity index (χ2n) is 6.29. The Morgan fingerprint density at radius 3 is 2.30 bits per heavy atom. The Balaban J connectivity index is 1.79. The van der Waals surface area contributed by atoms with Gasteiger partial charge in [-0.3, -0.25) is 9.59 Å². The maximum Gasteiger partial charge on any atom is 0.227 e. The third-order valence-corrected chi connectivity index (χ3v) is 4.77. The van der Waals surface area contributed by atoms with Crippen LogP contribution in [0.15, 0.2) is 24.3 Å². The van der Waals surface area contributed by atoms with E-state index in [1.165, 1.54) is 0 Å². The Kier molecular flexibility index (Phi) is 3.36. The third-order valence-electron chi connectivity index (χ3n) is 4.77. The molecule has 0 unspecified atom stereocenters. The van der Waals surface area contributed by atoms with E-state index in [4.69, 9.17) is 0 Å². The van der Waals surface area contributed by atoms with Crippen LogP contribution in [-0.2, 0) is 4.79 Å². The fourth-order valence-electron chi connectivity index (χ4n) is 3.44. The van der Waals surface area contributed by atoms with Crippen LogP contribution in [0.4, 0.5) is 5.69 Å². The Morgan fingerprint density at radius 2 is 1.75 bits per heavy atom. The summed E-state index contributed by atoms with van der Waals surface area (Å²) in [5.74, 6) is 0.445. The normalized spacial score (nSPS) is 21.4. The van der Waals surface area contributed by atoms with Gasteiger partial charge in [0.15, 0.2) is 5.78 Å². The molecule has 3 heteroatoms.